The van der Waals surface area contributed by atoms with Crippen LogP contribution in [0.4, 0.5) is 5.69 Å². The van der Waals surface area contributed by atoms with Gasteiger partial charge in [0.05, 0.1) is 29.6 Å². The fourth-order valence-corrected chi connectivity index (χ4v) is 4.71. The van der Waals surface area contributed by atoms with E-state index in [-0.39, 0.29) is 5.88 Å². The second kappa shape index (κ2) is 10.2. The van der Waals surface area contributed by atoms with Gasteiger partial charge in [0.2, 0.25) is 0 Å². The van der Waals surface area contributed by atoms with Crippen LogP contribution in [0.1, 0.15) is 46.3 Å². The molecule has 1 aliphatic heterocycles. The van der Waals surface area contributed by atoms with E-state index in [1.807, 2.05) is 48.5 Å². The molecule has 0 unspecified atom stereocenters. The number of hydrogen-bond donors (Lipinski definition) is 2. The zero-order valence-corrected chi connectivity index (χ0v) is 19.8. The highest BCUT2D eigenvalue weighted by atomic mass is 16.5. The van der Waals surface area contributed by atoms with E-state index < -0.39 is 5.97 Å². The molecule has 178 valence electrons. The smallest absolute Gasteiger partial charge is 0.337 e. The van der Waals surface area contributed by atoms with Crippen molar-refractivity contribution in [3.05, 3.63) is 95.1 Å². The average Bonchev–Trinajstić information content (AvgIpc) is 3.23. The Bertz CT molecular complexity index is 1350. The number of aromatic amines is 1. The summed E-state index contributed by atoms with van der Waals surface area (Å²) in [6.07, 6.45) is 3.88. The molecule has 35 heavy (non-hydrogen) atoms. The summed E-state index contributed by atoms with van der Waals surface area (Å²) in [7, 11) is 1.35. The van der Waals surface area contributed by atoms with Crippen molar-refractivity contribution in [1.29, 1.82) is 0 Å². The van der Waals surface area contributed by atoms with Crippen LogP contribution in [-0.4, -0.2) is 46.9 Å². The minimum absolute atomic E-state index is 0.00587. The van der Waals surface area contributed by atoms with E-state index in [4.69, 9.17) is 9.73 Å². The molecule has 6 nitrogen and oxygen atoms in total. The predicted octanol–water partition coefficient (Wildman–Crippen LogP) is 5.82. The van der Waals surface area contributed by atoms with Crippen molar-refractivity contribution < 1.29 is 14.6 Å². The highest BCUT2D eigenvalue weighted by Crippen LogP contribution is 2.32. The van der Waals surface area contributed by atoms with E-state index in [0.717, 1.165) is 36.3 Å². The van der Waals surface area contributed by atoms with Gasteiger partial charge in [0.25, 0.3) is 0 Å². The Balaban J connectivity index is 1.53. The molecule has 0 bridgehead atoms. The minimum Gasteiger partial charge on any atom is -0.494 e. The van der Waals surface area contributed by atoms with Crippen LogP contribution in [0.2, 0.25) is 0 Å². The molecular formula is C29H29N3O3. The van der Waals surface area contributed by atoms with Crippen LogP contribution < -0.4 is 0 Å². The van der Waals surface area contributed by atoms with Gasteiger partial charge in [0.1, 0.15) is 0 Å². The summed E-state index contributed by atoms with van der Waals surface area (Å²) in [5, 5.41) is 11.7. The number of carbonyl (C=O) groups excluding carboxylic acids is 1. The van der Waals surface area contributed by atoms with E-state index in [1.165, 1.54) is 31.9 Å². The predicted molar refractivity (Wildman–Crippen MR) is 139 cm³/mol. The normalized spacial score (nSPS) is 14.8. The molecule has 0 amide bonds. The second-order valence-corrected chi connectivity index (χ2v) is 8.93. The molecule has 1 aromatic heterocycles. The van der Waals surface area contributed by atoms with Gasteiger partial charge in [-0.2, -0.15) is 0 Å². The first-order valence-corrected chi connectivity index (χ1v) is 12.0. The summed E-state index contributed by atoms with van der Waals surface area (Å²) < 4.78 is 4.83. The van der Waals surface area contributed by atoms with Crippen LogP contribution >= 0.6 is 0 Å². The number of aromatic hydroxyl groups is 1. The molecule has 0 aliphatic carbocycles. The SMILES string of the molecule is COC(=O)c1ccc2c(C(=Nc3ccc(CN4CCCCC4)cc3)c3ccccc3)c(O)[nH]c2c1. The van der Waals surface area contributed by atoms with E-state index in [0.29, 0.717) is 22.4 Å². The van der Waals surface area contributed by atoms with E-state index in [2.05, 4.69) is 22.0 Å². The van der Waals surface area contributed by atoms with E-state index >= 15 is 0 Å². The van der Waals surface area contributed by atoms with Crippen LogP contribution in [0.25, 0.3) is 10.9 Å². The van der Waals surface area contributed by atoms with Gasteiger partial charge in [-0.15, -0.1) is 0 Å². The molecule has 0 radical (unpaired) electrons. The van der Waals surface area contributed by atoms with Crippen LogP contribution in [0.3, 0.4) is 0 Å². The molecule has 1 saturated heterocycles. The van der Waals surface area contributed by atoms with Crippen molar-refractivity contribution in [1.82, 2.24) is 9.88 Å². The van der Waals surface area contributed by atoms with Crippen LogP contribution in [0, 0.1) is 0 Å². The number of fused-ring (bicyclic) bond motifs is 1. The fourth-order valence-electron chi connectivity index (χ4n) is 4.71. The van der Waals surface area contributed by atoms with Crippen molar-refractivity contribution in [2.45, 2.75) is 25.8 Å². The van der Waals surface area contributed by atoms with E-state index in [9.17, 15) is 9.90 Å². The van der Waals surface area contributed by atoms with Crippen LogP contribution in [0.15, 0.2) is 77.8 Å². The lowest BCUT2D eigenvalue weighted by molar-refractivity contribution is 0.0601. The third-order valence-electron chi connectivity index (χ3n) is 6.52. The van der Waals surface area contributed by atoms with Crippen LogP contribution in [-0.2, 0) is 11.3 Å². The first kappa shape index (κ1) is 22.9. The zero-order chi connectivity index (χ0) is 24.2. The summed E-state index contributed by atoms with van der Waals surface area (Å²) in [6.45, 7) is 3.28. The van der Waals surface area contributed by atoms with Crippen molar-refractivity contribution in [3.8, 4) is 5.88 Å². The number of ether oxygens (including phenoxy) is 1. The third kappa shape index (κ3) is 4.98. The number of hydrogen-bond acceptors (Lipinski definition) is 5. The summed E-state index contributed by atoms with van der Waals surface area (Å²) in [6, 6.07) is 23.3. The Morgan fingerprint density at radius 3 is 2.43 bits per heavy atom. The molecular weight excluding hydrogens is 438 g/mol. The summed E-state index contributed by atoms with van der Waals surface area (Å²) in [5.41, 5.74) is 5.28. The lowest BCUT2D eigenvalue weighted by atomic mass is 10.00. The number of H-pyrrole nitrogens is 1. The Kier molecular flexibility index (Phi) is 6.64. The number of piperidine rings is 1. The van der Waals surface area contributed by atoms with Crippen molar-refractivity contribution >= 4 is 28.3 Å². The maximum absolute atomic E-state index is 12.0. The largest absolute Gasteiger partial charge is 0.494 e. The van der Waals surface area contributed by atoms with Gasteiger partial charge in [0, 0.05) is 23.0 Å². The van der Waals surface area contributed by atoms with Crippen molar-refractivity contribution in [2.24, 2.45) is 4.99 Å². The lowest BCUT2D eigenvalue weighted by Gasteiger charge is -2.26. The quantitative estimate of drug-likeness (QED) is 0.277. The number of carbonyl (C=O) groups is 1. The number of likely N-dealkylation sites (tertiary alicyclic amines) is 1. The third-order valence-corrected chi connectivity index (χ3v) is 6.52. The number of benzene rings is 3. The number of nitrogens with zero attached hydrogens (tertiary/aromatic N) is 2. The lowest BCUT2D eigenvalue weighted by Crippen LogP contribution is -2.28. The Labute approximate surface area is 204 Å². The summed E-state index contributed by atoms with van der Waals surface area (Å²) >= 11 is 0. The molecule has 0 saturated carbocycles. The monoisotopic (exact) mass is 467 g/mol. The number of esters is 1. The average molecular weight is 468 g/mol. The molecule has 5 rings (SSSR count). The van der Waals surface area contributed by atoms with Crippen LogP contribution in [0.5, 0.6) is 5.88 Å². The van der Waals surface area contributed by atoms with Gasteiger partial charge in [0.15, 0.2) is 5.88 Å². The molecule has 0 spiro atoms. The molecule has 1 fully saturated rings. The van der Waals surface area contributed by atoms with E-state index in [1.54, 1.807) is 12.1 Å². The minimum atomic E-state index is -0.427. The molecule has 3 aromatic carbocycles. The maximum Gasteiger partial charge on any atom is 0.337 e. The number of aliphatic imine (C=N–C) groups is 1. The molecule has 4 aromatic rings. The Hall–Kier alpha value is -3.90. The summed E-state index contributed by atoms with van der Waals surface area (Å²) in [5.74, 6) is -0.421. The highest BCUT2D eigenvalue weighted by molar-refractivity contribution is 6.22. The Morgan fingerprint density at radius 2 is 1.71 bits per heavy atom. The van der Waals surface area contributed by atoms with Gasteiger partial charge in [-0.05, 0) is 55.8 Å². The first-order valence-electron chi connectivity index (χ1n) is 12.0. The molecule has 1 aliphatic rings. The van der Waals surface area contributed by atoms with Gasteiger partial charge < -0.3 is 14.8 Å². The number of aromatic nitrogens is 1. The maximum atomic E-state index is 12.0. The number of nitrogens with one attached hydrogen (secondary N) is 1. The topological polar surface area (TPSA) is 77.9 Å². The van der Waals surface area contributed by atoms with Crippen molar-refractivity contribution in [2.75, 3.05) is 20.2 Å². The molecule has 6 heteroatoms. The molecule has 2 N–H and O–H groups in total. The standard InChI is InChI=1S/C29H29N3O3/c1-35-29(34)22-12-15-24-25(18-22)31-28(33)26(24)27(21-8-4-2-5-9-21)30-23-13-10-20(11-14-23)19-32-16-6-3-7-17-32/h2,4-5,8-15,18,31,33H,3,6-7,16-17,19H2,1H3. The fraction of sp³-hybridized carbons (Fsp3) is 0.241. The Morgan fingerprint density at radius 1 is 0.971 bits per heavy atom. The first-order chi connectivity index (χ1) is 17.1. The summed E-state index contributed by atoms with van der Waals surface area (Å²) in [4.78, 5) is 22.5. The highest BCUT2D eigenvalue weighted by Gasteiger charge is 2.20. The number of rotatable bonds is 6. The van der Waals surface area contributed by atoms with Crippen molar-refractivity contribution in [3.63, 3.8) is 0 Å². The van der Waals surface area contributed by atoms with Gasteiger partial charge in [-0.25, -0.2) is 9.79 Å². The van der Waals surface area contributed by atoms with Gasteiger partial charge in [-0.1, -0.05) is 55.0 Å². The zero-order valence-electron chi connectivity index (χ0n) is 19.8. The molecule has 2 heterocycles. The van der Waals surface area contributed by atoms with Gasteiger partial charge >= 0.3 is 5.97 Å². The van der Waals surface area contributed by atoms with Gasteiger partial charge in [-0.3, -0.25) is 4.90 Å². The number of methoxy groups -OCH3 is 1. The molecule has 0 atom stereocenters. The second-order valence-electron chi connectivity index (χ2n) is 8.93.